The molecule has 137 heavy (non-hydrogen) atoms. The Balaban J connectivity index is 0.0000000918. The van der Waals surface area contributed by atoms with Gasteiger partial charge in [0, 0.05) is 0 Å². The minimum absolute atomic E-state index is 1.08. The molecule has 0 nitrogen and oxygen atoms in total. The molecule has 0 heterocycles. The Bertz CT molecular complexity index is 8480. The van der Waals surface area contributed by atoms with Crippen molar-refractivity contribution >= 4 is 211 Å². The van der Waals surface area contributed by atoms with Gasteiger partial charge in [-0.3, -0.25) is 0 Å². The lowest BCUT2D eigenvalue weighted by Crippen LogP contribution is -1.91. The Hall–Kier alpha value is -17.7. The molecule has 0 heteroatoms. The van der Waals surface area contributed by atoms with Crippen LogP contribution in [0.15, 0.2) is 576 Å². The lowest BCUT2D eigenvalue weighted by molar-refractivity contribution is 1.29. The molecule has 0 aliphatic heterocycles. The molecule has 0 spiro atoms. The van der Waals surface area contributed by atoms with Gasteiger partial charge in [0.15, 0.2) is 0 Å². The molecule has 30 rings (SSSR count). The Morgan fingerprint density at radius 1 is 0.102 bits per heavy atom. The third-order valence-corrected chi connectivity index (χ3v) is 26.1. The van der Waals surface area contributed by atoms with Gasteiger partial charge in [-0.1, -0.05) is 534 Å². The highest BCUT2D eigenvalue weighted by molar-refractivity contribution is 6.23. The number of allylic oxidation sites excluding steroid dienone is 1. The van der Waals surface area contributed by atoms with Crippen molar-refractivity contribution in [2.75, 3.05) is 0 Å². The second-order valence-electron chi connectivity index (χ2n) is 34.8. The maximum absolute atomic E-state index is 2.30. The molecule has 0 amide bonds. The van der Waals surface area contributed by atoms with E-state index < -0.39 is 0 Å². The van der Waals surface area contributed by atoms with Crippen molar-refractivity contribution in [2.45, 2.75) is 6.42 Å². The van der Waals surface area contributed by atoms with Gasteiger partial charge in [-0.25, -0.2) is 0 Å². The summed E-state index contributed by atoms with van der Waals surface area (Å²) in [4.78, 5) is 0. The minimum Gasteiger partial charge on any atom is -0.0795 e. The van der Waals surface area contributed by atoms with Gasteiger partial charge in [0.05, 0.1) is 0 Å². The second-order valence-corrected chi connectivity index (χ2v) is 34.8. The van der Waals surface area contributed by atoms with Crippen LogP contribution in [0.1, 0.15) is 11.1 Å². The number of hydrogen-bond donors (Lipinski definition) is 0. The van der Waals surface area contributed by atoms with E-state index in [2.05, 4.69) is 546 Å². The summed E-state index contributed by atoms with van der Waals surface area (Å²) in [6, 6.07) is 201. The SMILES string of the molecule is C1=Cc2cccc3cccc(c23)C1.c1cc2ccc3cccc4ccc(c1)c2c34.c1ccc2c(c1)ccc1c3ccccc3ccc21.c1ccc2c(c1)ccc1ccccc12.c1ccc2cc3c(ccc4ccccc43)cc2c1.c1ccc2cc3cc4ccccc4cc3cc2c1.c1ccc2cc3ccccc3cc2c1.c1ccc2ccccc2c1.c1ccc2ccccc2c1.c1ccccc1. The summed E-state index contributed by atoms with van der Waals surface area (Å²) in [5.74, 6) is 0. The van der Waals surface area contributed by atoms with Crippen LogP contribution in [0.3, 0.4) is 0 Å². The molecule has 0 fully saturated rings. The first kappa shape index (κ1) is 86.1. The van der Waals surface area contributed by atoms with Gasteiger partial charge in [0.1, 0.15) is 0 Å². The van der Waals surface area contributed by atoms with Gasteiger partial charge in [-0.05, 0) is 271 Å². The second kappa shape index (κ2) is 41.0. The molecule has 0 N–H and O–H groups in total. The largest absolute Gasteiger partial charge is 0.0795 e. The van der Waals surface area contributed by atoms with E-state index in [9.17, 15) is 0 Å². The predicted octanol–water partition coefficient (Wildman–Crippen LogP) is 38.8. The molecule has 29 aromatic rings. The summed E-state index contributed by atoms with van der Waals surface area (Å²) < 4.78 is 0. The standard InChI is InChI=1S/3C18H12.C16H10.2C14H10.C13H10.2C10H8.C6H6/c1-3-7-15-13(5-1)9-11-18-16-8-4-2-6-14(16)10-12-17(15)18;1-2-7-15-12-18-16(11-14(15)6-1)10-9-13-5-3-4-8-17(13)18;1-2-6-14-10-18-12-16-8-4-3-7-15(16)11-17(18)9-13(14)5-1;1-3-11-7-9-13-5-2-6-14-10-8-12(4-1)15(11)16(13)14;1-3-7-13-11(5-1)9-10-12-6-2-4-8-14(12)13;1-2-6-12-10-14-8-4-3-7-13(14)9-11(12)5-1;1-4-10-6-2-8-12-9-3-7-11(5-1)13(10)12;2*1-2-6-10-8-4-3-7-9(10)5-1;1-2-4-6-5-3-1/h3*1-12H;1-10H;2*1-10H;1-8H,9H2;2*1-8H;1-6H. The fourth-order valence-electron chi connectivity index (χ4n) is 19.3. The van der Waals surface area contributed by atoms with Crippen molar-refractivity contribution in [3.63, 3.8) is 0 Å². The minimum atomic E-state index is 1.08. The van der Waals surface area contributed by atoms with Crippen molar-refractivity contribution in [1.29, 1.82) is 0 Å². The number of benzene rings is 29. The van der Waals surface area contributed by atoms with Gasteiger partial charge in [-0.2, -0.15) is 0 Å². The van der Waals surface area contributed by atoms with Gasteiger partial charge in [0.25, 0.3) is 0 Å². The van der Waals surface area contributed by atoms with Crippen LogP contribution >= 0.6 is 0 Å². The average molecular weight is 1740 g/mol. The Labute approximate surface area is 798 Å². The number of rotatable bonds is 0. The molecule has 0 radical (unpaired) electrons. The number of hydrogen-bond acceptors (Lipinski definition) is 0. The molecule has 0 atom stereocenters. The highest BCUT2D eigenvalue weighted by Gasteiger charge is 2.11. The van der Waals surface area contributed by atoms with Crippen LogP contribution in [0.5, 0.6) is 0 Å². The molecule has 0 aromatic heterocycles. The summed E-state index contributed by atoms with van der Waals surface area (Å²) in [5.41, 5.74) is 2.81. The molecule has 646 valence electrons. The zero-order chi connectivity index (χ0) is 91.7. The van der Waals surface area contributed by atoms with Crippen molar-refractivity contribution in [1.82, 2.24) is 0 Å². The van der Waals surface area contributed by atoms with E-state index in [0.29, 0.717) is 0 Å². The van der Waals surface area contributed by atoms with Crippen molar-refractivity contribution in [3.8, 4) is 0 Å². The van der Waals surface area contributed by atoms with Crippen LogP contribution in [-0.2, 0) is 6.42 Å². The highest BCUT2D eigenvalue weighted by Crippen LogP contribution is 2.38. The van der Waals surface area contributed by atoms with E-state index in [1.807, 2.05) is 36.4 Å². The Morgan fingerprint density at radius 3 is 0.606 bits per heavy atom. The maximum atomic E-state index is 2.30. The summed E-state index contributed by atoms with van der Waals surface area (Å²) in [6.07, 6.45) is 5.53. The van der Waals surface area contributed by atoms with Gasteiger partial charge in [0.2, 0.25) is 0 Å². The third kappa shape index (κ3) is 19.5. The number of fused-ring (bicyclic) bond motifs is 19. The summed E-state index contributed by atoms with van der Waals surface area (Å²) in [6.45, 7) is 0. The first-order chi connectivity index (χ1) is 67.9. The van der Waals surface area contributed by atoms with Crippen LogP contribution in [0, 0.1) is 0 Å². The fourth-order valence-corrected chi connectivity index (χ4v) is 19.3. The first-order valence-electron chi connectivity index (χ1n) is 47.3. The van der Waals surface area contributed by atoms with E-state index >= 15 is 0 Å². The zero-order valence-corrected chi connectivity index (χ0v) is 76.1. The van der Waals surface area contributed by atoms with Gasteiger partial charge >= 0.3 is 0 Å². The van der Waals surface area contributed by atoms with Crippen molar-refractivity contribution in [2.24, 2.45) is 0 Å². The average Bonchev–Trinajstić information content (AvgIpc) is 0.686. The van der Waals surface area contributed by atoms with Crippen molar-refractivity contribution in [3.05, 3.63) is 587 Å². The molecule has 0 unspecified atom stereocenters. The Morgan fingerprint density at radius 2 is 0.299 bits per heavy atom. The molecular formula is C137H98. The quantitative estimate of drug-likeness (QED) is 0.105. The normalized spacial score (nSPS) is 11.2. The zero-order valence-electron chi connectivity index (χ0n) is 76.1. The van der Waals surface area contributed by atoms with Gasteiger partial charge < -0.3 is 0 Å². The summed E-state index contributed by atoms with van der Waals surface area (Å²) >= 11 is 0. The molecule has 0 saturated heterocycles. The molecule has 0 bridgehead atoms. The Kier molecular flexibility index (Phi) is 25.8. The molecule has 0 saturated carbocycles. The van der Waals surface area contributed by atoms with E-state index in [1.165, 1.54) is 216 Å². The van der Waals surface area contributed by atoms with E-state index in [-0.39, 0.29) is 0 Å². The lowest BCUT2D eigenvalue weighted by atomic mass is 9.93. The topological polar surface area (TPSA) is 0 Å². The van der Waals surface area contributed by atoms with E-state index in [1.54, 1.807) is 0 Å². The van der Waals surface area contributed by atoms with Crippen LogP contribution in [0.2, 0.25) is 0 Å². The van der Waals surface area contributed by atoms with Crippen LogP contribution in [0.4, 0.5) is 0 Å². The first-order valence-corrected chi connectivity index (χ1v) is 47.3. The lowest BCUT2D eigenvalue weighted by Gasteiger charge is -2.11. The summed E-state index contributed by atoms with van der Waals surface area (Å²) in [7, 11) is 0. The summed E-state index contributed by atoms with van der Waals surface area (Å²) in [5, 5.41) is 50.4. The molecule has 29 aromatic carbocycles. The van der Waals surface area contributed by atoms with E-state index in [0.717, 1.165) is 6.42 Å². The highest BCUT2D eigenvalue weighted by atomic mass is 14.2. The monoisotopic (exact) mass is 1740 g/mol. The molecular weight excluding hydrogens is 1650 g/mol. The maximum Gasteiger partial charge on any atom is -0.00268 e. The van der Waals surface area contributed by atoms with Gasteiger partial charge in [-0.15, -0.1) is 0 Å². The smallest absolute Gasteiger partial charge is 0.00268 e. The van der Waals surface area contributed by atoms with Crippen molar-refractivity contribution < 1.29 is 0 Å². The van der Waals surface area contributed by atoms with Crippen LogP contribution in [0.25, 0.3) is 211 Å². The predicted molar refractivity (Wildman–Crippen MR) is 601 cm³/mol. The van der Waals surface area contributed by atoms with Crippen LogP contribution in [-0.4, -0.2) is 0 Å². The fraction of sp³-hybridized carbons (Fsp3) is 0.00730. The third-order valence-electron chi connectivity index (χ3n) is 26.1. The molecule has 1 aliphatic carbocycles. The van der Waals surface area contributed by atoms with E-state index in [4.69, 9.17) is 0 Å². The molecule has 1 aliphatic rings. The van der Waals surface area contributed by atoms with Crippen LogP contribution < -0.4 is 0 Å².